The lowest BCUT2D eigenvalue weighted by Gasteiger charge is -2.36. The quantitative estimate of drug-likeness (QED) is 0.0446. The molecule has 4 heterocycles. The zero-order valence-corrected chi connectivity index (χ0v) is 41.2. The fourth-order valence-corrected chi connectivity index (χ4v) is 9.83. The summed E-state index contributed by atoms with van der Waals surface area (Å²) in [5.41, 5.74) is 9.64. The number of thiazole rings is 1. The summed E-state index contributed by atoms with van der Waals surface area (Å²) in [6.45, 7) is 19.0. The Kier molecular flexibility index (Phi) is 16.6. The van der Waals surface area contributed by atoms with Crippen LogP contribution in [-0.2, 0) is 48.0 Å². The van der Waals surface area contributed by atoms with Crippen LogP contribution in [0.4, 0.5) is 5.00 Å². The number of fused-ring (bicyclic) bond motifs is 1. The maximum absolute atomic E-state index is 14.5. The number of hydrogen-bond donors (Lipinski definition) is 4. The number of carbonyl (C=O) groups is 5. The summed E-state index contributed by atoms with van der Waals surface area (Å²) in [6, 6.07) is 13.3. The van der Waals surface area contributed by atoms with Gasteiger partial charge in [-0.1, -0.05) is 57.7 Å². The minimum absolute atomic E-state index is 0.0231. The number of ether oxygens (including phenoxy) is 2. The lowest BCUT2D eigenvalue weighted by atomic mass is 9.84. The number of hydrogen-bond acceptors (Lipinski definition) is 12. The summed E-state index contributed by atoms with van der Waals surface area (Å²) in [4.78, 5) is 76.2. The van der Waals surface area contributed by atoms with Crippen LogP contribution in [0, 0.1) is 11.3 Å². The first-order chi connectivity index (χ1) is 32.4. The number of nitrogens with zero attached hydrogens (tertiary/aromatic N) is 5. The van der Waals surface area contributed by atoms with Crippen LogP contribution in [0.2, 0.25) is 0 Å². The molecule has 4 N–H and O–H groups in total. The lowest BCUT2D eigenvalue weighted by molar-refractivity contribution is -0.142. The van der Waals surface area contributed by atoms with E-state index in [0.29, 0.717) is 42.1 Å². The number of rotatable bonds is 20. The van der Waals surface area contributed by atoms with E-state index < -0.39 is 35.2 Å². The molecule has 4 amide bonds. The van der Waals surface area contributed by atoms with Gasteiger partial charge in [0.15, 0.2) is 5.01 Å². The molecule has 1 aliphatic heterocycles. The molecule has 0 aliphatic carbocycles. The molecule has 0 saturated carbocycles. The molecule has 0 radical (unpaired) electrons. The number of amides is 4. The molecule has 6 rings (SSSR count). The number of anilines is 1. The van der Waals surface area contributed by atoms with E-state index in [1.54, 1.807) is 30.4 Å². The third-order valence-corrected chi connectivity index (χ3v) is 13.2. The van der Waals surface area contributed by atoms with Crippen LogP contribution in [0.5, 0.6) is 5.75 Å². The third-order valence-electron chi connectivity index (χ3n) is 12.3. The number of likely N-dealkylation sites (N-methyl/N-ethyl adjacent to an activating group) is 1. The van der Waals surface area contributed by atoms with Crippen LogP contribution >= 0.6 is 11.3 Å². The molecule has 1 aliphatic rings. The van der Waals surface area contributed by atoms with Gasteiger partial charge in [-0.15, -0.1) is 0 Å². The first kappa shape index (κ1) is 51.0. The van der Waals surface area contributed by atoms with E-state index >= 15 is 0 Å². The number of nitrogens with one attached hydrogen (secondary N) is 3. The summed E-state index contributed by atoms with van der Waals surface area (Å²) in [7, 11) is 3.17. The Balaban J connectivity index is 1.39. The SMILES string of the molecule is C=CC(=O)Nc1cnc(C(=O)N(C)C(C(=O)NC(Cc2cc(O)cc(-c3ccc4c(c3)c(CC(C)(C)COC=O)c(-c3cccnc3C(C)OC)n4CC)c2)C(=O)N2CCC[C@@H](C)N2)C(C)C)s1. The van der Waals surface area contributed by atoms with Crippen molar-refractivity contribution in [1.82, 2.24) is 35.2 Å². The van der Waals surface area contributed by atoms with E-state index in [1.807, 2.05) is 45.9 Å². The van der Waals surface area contributed by atoms with Gasteiger partial charge in [0, 0.05) is 67.8 Å². The van der Waals surface area contributed by atoms with E-state index in [1.165, 1.54) is 18.1 Å². The number of aromatic nitrogens is 3. The minimum Gasteiger partial charge on any atom is -0.508 e. The first-order valence-electron chi connectivity index (χ1n) is 23.0. The van der Waals surface area contributed by atoms with Crippen LogP contribution in [0.25, 0.3) is 33.3 Å². The number of hydrazine groups is 1. The second-order valence-electron chi connectivity index (χ2n) is 18.5. The van der Waals surface area contributed by atoms with E-state index in [9.17, 15) is 29.1 Å². The molecule has 1 saturated heterocycles. The average molecular weight is 949 g/mol. The molecule has 68 heavy (non-hydrogen) atoms. The maximum Gasteiger partial charge on any atom is 0.293 e. The van der Waals surface area contributed by atoms with Crippen molar-refractivity contribution in [3.05, 3.63) is 95.4 Å². The highest BCUT2D eigenvalue weighted by atomic mass is 32.1. The molecular weight excluding hydrogens is 885 g/mol. The molecule has 5 aromatic rings. The number of phenols is 1. The minimum atomic E-state index is -1.09. The van der Waals surface area contributed by atoms with Crippen LogP contribution < -0.4 is 16.1 Å². The van der Waals surface area contributed by atoms with Gasteiger partial charge in [0.1, 0.15) is 22.8 Å². The number of phenolic OH excluding ortho intramolecular Hbond substituents is 1. The highest BCUT2D eigenvalue weighted by molar-refractivity contribution is 7.17. The predicted molar refractivity (Wildman–Crippen MR) is 264 cm³/mol. The monoisotopic (exact) mass is 948 g/mol. The zero-order valence-electron chi connectivity index (χ0n) is 40.4. The highest BCUT2D eigenvalue weighted by Crippen LogP contribution is 2.42. The summed E-state index contributed by atoms with van der Waals surface area (Å²) in [6.07, 6.45) is 6.17. The Bertz CT molecular complexity index is 2660. The van der Waals surface area contributed by atoms with Crippen molar-refractivity contribution >= 4 is 57.3 Å². The van der Waals surface area contributed by atoms with E-state index in [0.717, 1.165) is 69.2 Å². The van der Waals surface area contributed by atoms with Crippen LogP contribution in [0.1, 0.15) is 94.0 Å². The van der Waals surface area contributed by atoms with Crippen molar-refractivity contribution in [1.29, 1.82) is 0 Å². The Labute approximate surface area is 402 Å². The standard InChI is InChI=1S/C51H64N8O8S/c1-11-42(62)55-43-27-53-48(68-43)50(65)57(9)45(30(3)4)47(63)54-40(49(64)59-20-14-15-31(5)56-59)23-33-21-35(24-36(61)22-33)34-17-18-41-38(25-34)39(26-51(7,8)28-67-29-60)46(58(41)12-2)37-16-13-19-52-44(37)32(6)66-10/h11,13,16-19,21-22,24-25,27,29-32,40,45,56,61H,1,12,14-15,20,23,26,28H2,2-10H3,(H,54,63)(H,55,62)/t31-,32?,40?,45?/m1/s1. The van der Waals surface area contributed by atoms with Gasteiger partial charge >= 0.3 is 0 Å². The fourth-order valence-electron chi connectivity index (χ4n) is 9.03. The molecule has 0 spiro atoms. The zero-order chi connectivity index (χ0) is 49.4. The number of methoxy groups -OCH3 is 1. The smallest absolute Gasteiger partial charge is 0.293 e. The van der Waals surface area contributed by atoms with Crippen LogP contribution in [0.3, 0.4) is 0 Å². The van der Waals surface area contributed by atoms with Crippen LogP contribution in [0.15, 0.2) is 73.6 Å². The number of aryl methyl sites for hydroxylation is 1. The summed E-state index contributed by atoms with van der Waals surface area (Å²) in [5.74, 6) is -2.27. The first-order valence-corrected chi connectivity index (χ1v) is 23.8. The number of pyridine rings is 1. The molecule has 17 heteroatoms. The Morgan fingerprint density at radius 3 is 2.54 bits per heavy atom. The van der Waals surface area contributed by atoms with Crippen molar-refractivity contribution in [3.63, 3.8) is 0 Å². The van der Waals surface area contributed by atoms with Gasteiger partial charge in [-0.05, 0) is 111 Å². The van der Waals surface area contributed by atoms with Gasteiger partial charge in [-0.25, -0.2) is 10.4 Å². The lowest BCUT2D eigenvalue weighted by Crippen LogP contribution is -2.60. The summed E-state index contributed by atoms with van der Waals surface area (Å²) < 4.78 is 13.4. The molecule has 2 aromatic carbocycles. The summed E-state index contributed by atoms with van der Waals surface area (Å²) in [5, 5.41) is 19.9. The van der Waals surface area contributed by atoms with Gasteiger partial charge in [0.2, 0.25) is 11.8 Å². The molecule has 1 fully saturated rings. The Morgan fingerprint density at radius 1 is 1.10 bits per heavy atom. The maximum atomic E-state index is 14.5. The molecule has 0 bridgehead atoms. The van der Waals surface area contributed by atoms with Crippen molar-refractivity contribution < 1.29 is 38.6 Å². The van der Waals surface area contributed by atoms with E-state index in [-0.39, 0.29) is 47.8 Å². The number of aromatic hydroxyl groups is 1. The molecule has 3 aromatic heterocycles. The van der Waals surface area contributed by atoms with Crippen molar-refractivity contribution in [2.24, 2.45) is 11.3 Å². The molecule has 4 atom stereocenters. The van der Waals surface area contributed by atoms with Crippen molar-refractivity contribution in [3.8, 4) is 28.1 Å². The molecule has 16 nitrogen and oxygen atoms in total. The largest absolute Gasteiger partial charge is 0.508 e. The number of carbonyl (C=O) groups excluding carboxylic acids is 5. The van der Waals surface area contributed by atoms with Gasteiger partial charge in [0.25, 0.3) is 18.3 Å². The van der Waals surface area contributed by atoms with Gasteiger partial charge in [-0.2, -0.15) is 0 Å². The predicted octanol–water partition coefficient (Wildman–Crippen LogP) is 7.47. The van der Waals surface area contributed by atoms with Crippen molar-refractivity contribution in [2.45, 2.75) is 105 Å². The fraction of sp³-hybridized carbons (Fsp3) is 0.431. The second-order valence-corrected chi connectivity index (χ2v) is 19.5. The Morgan fingerprint density at radius 2 is 1.87 bits per heavy atom. The highest BCUT2D eigenvalue weighted by Gasteiger charge is 2.36. The van der Waals surface area contributed by atoms with E-state index in [2.05, 4.69) is 71.2 Å². The second kappa shape index (κ2) is 22.1. The van der Waals surface area contributed by atoms with Crippen LogP contribution in [-0.4, -0.2) is 105 Å². The van der Waals surface area contributed by atoms with E-state index in [4.69, 9.17) is 14.5 Å². The van der Waals surface area contributed by atoms with Gasteiger partial charge in [-0.3, -0.25) is 34.0 Å². The molecule has 3 unspecified atom stereocenters. The molecular formula is C51H64N8O8S. The summed E-state index contributed by atoms with van der Waals surface area (Å²) >= 11 is 0.973. The molecule has 362 valence electrons. The topological polar surface area (TPSA) is 197 Å². The van der Waals surface area contributed by atoms with Gasteiger partial charge in [0.05, 0.1) is 30.3 Å². The third kappa shape index (κ3) is 11.6. The Hall–Kier alpha value is -6.43. The average Bonchev–Trinajstić information content (AvgIpc) is 3.90. The van der Waals surface area contributed by atoms with Gasteiger partial charge < -0.3 is 34.7 Å². The van der Waals surface area contributed by atoms with Crippen molar-refractivity contribution in [2.75, 3.05) is 32.6 Å². The normalized spacial score (nSPS) is 15.4. The number of benzene rings is 2.